The van der Waals surface area contributed by atoms with E-state index in [4.69, 9.17) is 9.84 Å². The SMILES string of the molecule is CC(C)COc1ccc(NC(=O)N2C[C@@H](C(F)(F)F)[C@H](C(=O)O)C2)cn1. The van der Waals surface area contributed by atoms with Gasteiger partial charge in [-0.15, -0.1) is 0 Å². The number of carbonyl (C=O) groups is 2. The number of ether oxygens (including phenoxy) is 1. The number of nitrogens with one attached hydrogen (secondary N) is 1. The van der Waals surface area contributed by atoms with Gasteiger partial charge >= 0.3 is 18.2 Å². The number of urea groups is 1. The van der Waals surface area contributed by atoms with Crippen LogP contribution in [0, 0.1) is 17.8 Å². The van der Waals surface area contributed by atoms with Crippen molar-refractivity contribution in [3.05, 3.63) is 18.3 Å². The van der Waals surface area contributed by atoms with Crippen LogP contribution in [0.4, 0.5) is 23.7 Å². The fourth-order valence-corrected chi connectivity index (χ4v) is 2.55. The van der Waals surface area contributed by atoms with Crippen LogP contribution < -0.4 is 10.1 Å². The molecule has 1 aliphatic heterocycles. The largest absolute Gasteiger partial charge is 0.481 e. The second-order valence-corrected chi connectivity index (χ2v) is 6.52. The molecule has 2 N–H and O–H groups in total. The van der Waals surface area contributed by atoms with E-state index in [1.807, 2.05) is 13.8 Å². The normalized spacial score (nSPS) is 20.3. The minimum Gasteiger partial charge on any atom is -0.481 e. The van der Waals surface area contributed by atoms with Gasteiger partial charge in [0.25, 0.3) is 0 Å². The summed E-state index contributed by atoms with van der Waals surface area (Å²) in [6, 6.07) is 2.23. The maximum absolute atomic E-state index is 13.0. The summed E-state index contributed by atoms with van der Waals surface area (Å²) in [5, 5.41) is 11.4. The number of halogens is 3. The Hall–Kier alpha value is -2.52. The van der Waals surface area contributed by atoms with Gasteiger partial charge < -0.3 is 20.1 Å². The van der Waals surface area contributed by atoms with Crippen molar-refractivity contribution in [2.45, 2.75) is 20.0 Å². The molecule has 2 heterocycles. The van der Waals surface area contributed by atoms with Gasteiger partial charge in [0.15, 0.2) is 0 Å². The molecule has 0 saturated carbocycles. The molecule has 10 heteroatoms. The highest BCUT2D eigenvalue weighted by Crippen LogP contribution is 2.37. The van der Waals surface area contributed by atoms with Gasteiger partial charge in [0.1, 0.15) is 0 Å². The summed E-state index contributed by atoms with van der Waals surface area (Å²) in [4.78, 5) is 28.0. The quantitative estimate of drug-likeness (QED) is 0.826. The molecule has 26 heavy (non-hydrogen) atoms. The van der Waals surface area contributed by atoms with E-state index < -0.39 is 43.1 Å². The third kappa shape index (κ3) is 4.99. The maximum atomic E-state index is 13.0. The monoisotopic (exact) mass is 375 g/mol. The number of nitrogens with zero attached hydrogens (tertiary/aromatic N) is 2. The van der Waals surface area contributed by atoms with E-state index in [2.05, 4.69) is 10.3 Å². The van der Waals surface area contributed by atoms with Crippen LogP contribution >= 0.6 is 0 Å². The van der Waals surface area contributed by atoms with Crippen molar-refractivity contribution < 1.29 is 32.6 Å². The van der Waals surface area contributed by atoms with E-state index in [1.165, 1.54) is 18.3 Å². The Bertz CT molecular complexity index is 649. The fraction of sp³-hybridized carbons (Fsp3) is 0.562. The standard InChI is InChI=1S/C16H20F3N3O4/c1-9(2)8-26-13-4-3-10(5-20-13)21-15(25)22-6-11(14(23)24)12(7-22)16(17,18)19/h3-5,9,11-12H,6-8H2,1-2H3,(H,21,25)(H,23,24)/t11-,12-/m1/s1. The Kier molecular flexibility index (Phi) is 5.94. The number of hydrogen-bond acceptors (Lipinski definition) is 4. The van der Waals surface area contributed by atoms with Gasteiger partial charge in [0.2, 0.25) is 5.88 Å². The molecule has 2 atom stereocenters. The molecule has 1 saturated heterocycles. The second kappa shape index (κ2) is 7.79. The number of likely N-dealkylation sites (tertiary alicyclic amines) is 1. The summed E-state index contributed by atoms with van der Waals surface area (Å²) in [6.07, 6.45) is -3.37. The average Bonchev–Trinajstić information content (AvgIpc) is 3.00. The van der Waals surface area contributed by atoms with Crippen LogP contribution in [-0.4, -0.2) is 52.9 Å². The first-order valence-corrected chi connectivity index (χ1v) is 8.02. The Balaban J connectivity index is 1.98. The number of hydrogen-bond donors (Lipinski definition) is 2. The highest BCUT2D eigenvalue weighted by atomic mass is 19.4. The lowest BCUT2D eigenvalue weighted by Gasteiger charge is -2.18. The van der Waals surface area contributed by atoms with E-state index in [9.17, 15) is 22.8 Å². The number of carboxylic acids is 1. The van der Waals surface area contributed by atoms with Crippen molar-refractivity contribution in [2.24, 2.45) is 17.8 Å². The predicted molar refractivity (Wildman–Crippen MR) is 85.8 cm³/mol. The van der Waals surface area contributed by atoms with Gasteiger partial charge in [-0.1, -0.05) is 13.8 Å². The van der Waals surface area contributed by atoms with Gasteiger partial charge in [-0.25, -0.2) is 9.78 Å². The van der Waals surface area contributed by atoms with Crippen LogP contribution in [0.25, 0.3) is 0 Å². The molecular weight excluding hydrogens is 355 g/mol. The Morgan fingerprint density at radius 1 is 1.38 bits per heavy atom. The molecule has 1 aromatic rings. The number of rotatable bonds is 5. The molecule has 0 radical (unpaired) electrons. The van der Waals surface area contributed by atoms with Gasteiger partial charge in [0.05, 0.1) is 30.3 Å². The van der Waals surface area contributed by atoms with Crippen LogP contribution in [0.15, 0.2) is 18.3 Å². The molecule has 1 aromatic heterocycles. The van der Waals surface area contributed by atoms with Gasteiger partial charge in [0, 0.05) is 19.2 Å². The van der Waals surface area contributed by atoms with E-state index in [-0.39, 0.29) is 5.69 Å². The number of pyridine rings is 1. The summed E-state index contributed by atoms with van der Waals surface area (Å²) in [7, 11) is 0. The Morgan fingerprint density at radius 2 is 2.08 bits per heavy atom. The highest BCUT2D eigenvalue weighted by molar-refractivity contribution is 5.90. The van der Waals surface area contributed by atoms with Crippen molar-refractivity contribution >= 4 is 17.7 Å². The van der Waals surface area contributed by atoms with Crippen molar-refractivity contribution in [3.63, 3.8) is 0 Å². The van der Waals surface area contributed by atoms with Crippen LogP contribution in [0.2, 0.25) is 0 Å². The van der Waals surface area contributed by atoms with Crippen molar-refractivity contribution in [2.75, 3.05) is 25.0 Å². The van der Waals surface area contributed by atoms with Gasteiger partial charge in [-0.2, -0.15) is 13.2 Å². The molecule has 1 aliphatic rings. The van der Waals surface area contributed by atoms with Crippen LogP contribution in [0.1, 0.15) is 13.8 Å². The molecule has 0 aromatic carbocycles. The third-order valence-electron chi connectivity index (χ3n) is 3.90. The average molecular weight is 375 g/mol. The third-order valence-corrected chi connectivity index (χ3v) is 3.90. The first-order chi connectivity index (χ1) is 12.1. The zero-order chi connectivity index (χ0) is 19.5. The van der Waals surface area contributed by atoms with E-state index >= 15 is 0 Å². The number of carbonyl (C=O) groups excluding carboxylic acids is 1. The molecular formula is C16H20F3N3O4. The molecule has 0 bridgehead atoms. The number of alkyl halides is 3. The van der Waals surface area contributed by atoms with Crippen molar-refractivity contribution in [1.29, 1.82) is 0 Å². The molecule has 2 rings (SSSR count). The van der Waals surface area contributed by atoms with Gasteiger partial charge in [-0.3, -0.25) is 4.79 Å². The number of carboxylic acid groups (broad SMARTS) is 1. The first kappa shape index (κ1) is 19.8. The molecule has 7 nitrogen and oxygen atoms in total. The molecule has 0 unspecified atom stereocenters. The molecule has 0 aliphatic carbocycles. The Morgan fingerprint density at radius 3 is 2.54 bits per heavy atom. The summed E-state index contributed by atoms with van der Waals surface area (Å²) in [5.74, 6) is -4.66. The van der Waals surface area contributed by atoms with Crippen LogP contribution in [0.3, 0.4) is 0 Å². The van der Waals surface area contributed by atoms with Crippen molar-refractivity contribution in [1.82, 2.24) is 9.88 Å². The maximum Gasteiger partial charge on any atom is 0.394 e. The molecule has 1 fully saturated rings. The summed E-state index contributed by atoms with van der Waals surface area (Å²) >= 11 is 0. The summed E-state index contributed by atoms with van der Waals surface area (Å²) < 4.78 is 44.3. The topological polar surface area (TPSA) is 91.8 Å². The minimum absolute atomic E-state index is 0.272. The van der Waals surface area contributed by atoms with E-state index in [1.54, 1.807) is 0 Å². The second-order valence-electron chi connectivity index (χ2n) is 6.52. The number of anilines is 1. The van der Waals surface area contributed by atoms with Crippen LogP contribution in [-0.2, 0) is 4.79 Å². The zero-order valence-electron chi connectivity index (χ0n) is 14.3. The van der Waals surface area contributed by atoms with E-state index in [0.29, 0.717) is 18.4 Å². The number of aliphatic carboxylic acids is 1. The number of aromatic nitrogens is 1. The molecule has 144 valence electrons. The molecule has 2 amide bonds. The molecule has 0 spiro atoms. The Labute approximate surface area is 148 Å². The lowest BCUT2D eigenvalue weighted by Crippen LogP contribution is -2.35. The smallest absolute Gasteiger partial charge is 0.394 e. The predicted octanol–water partition coefficient (Wildman–Crippen LogP) is 2.84. The number of amides is 2. The first-order valence-electron chi connectivity index (χ1n) is 8.02. The fourth-order valence-electron chi connectivity index (χ4n) is 2.55. The lowest BCUT2D eigenvalue weighted by molar-refractivity contribution is -0.187. The van der Waals surface area contributed by atoms with Crippen molar-refractivity contribution in [3.8, 4) is 5.88 Å². The highest BCUT2D eigenvalue weighted by Gasteiger charge is 2.53. The minimum atomic E-state index is -4.69. The zero-order valence-corrected chi connectivity index (χ0v) is 14.3. The van der Waals surface area contributed by atoms with E-state index in [0.717, 1.165) is 4.90 Å². The van der Waals surface area contributed by atoms with Crippen LogP contribution in [0.5, 0.6) is 5.88 Å². The summed E-state index contributed by atoms with van der Waals surface area (Å²) in [5.41, 5.74) is 0.272. The lowest BCUT2D eigenvalue weighted by atomic mass is 9.96. The summed E-state index contributed by atoms with van der Waals surface area (Å²) in [6.45, 7) is 3.22. The van der Waals surface area contributed by atoms with Gasteiger partial charge in [-0.05, 0) is 12.0 Å².